The smallest absolute Gasteiger partial charge is 0.246 e. The van der Waals surface area contributed by atoms with E-state index in [0.29, 0.717) is 32.4 Å². The Bertz CT molecular complexity index is 1050. The van der Waals surface area contributed by atoms with Crippen molar-refractivity contribution in [2.45, 2.75) is 44.7 Å². The Labute approximate surface area is 220 Å². The Kier molecular flexibility index (Phi) is 11.5. The van der Waals surface area contributed by atoms with Crippen LogP contribution in [0.25, 0.3) is 11.1 Å². The Morgan fingerprint density at radius 1 is 1.00 bits per heavy atom. The van der Waals surface area contributed by atoms with Gasteiger partial charge in [-0.15, -0.1) is 0 Å². The summed E-state index contributed by atoms with van der Waals surface area (Å²) in [6.45, 7) is 4.58. The fraction of sp³-hybridized carbons (Fsp3) is 0.414. The lowest BCUT2D eigenvalue weighted by molar-refractivity contribution is -0.143. The van der Waals surface area contributed by atoms with E-state index >= 15 is 0 Å². The van der Waals surface area contributed by atoms with Crippen LogP contribution >= 0.6 is 0 Å². The summed E-state index contributed by atoms with van der Waals surface area (Å²) in [5, 5.41) is 2.76. The number of hydrogen-bond acceptors (Lipinski definition) is 5. The lowest BCUT2D eigenvalue weighted by atomic mass is 9.99. The number of carbonyl (C=O) groups is 3. The van der Waals surface area contributed by atoms with Crippen molar-refractivity contribution >= 4 is 17.7 Å². The first-order chi connectivity index (χ1) is 17.5. The molecule has 2 aromatic rings. The lowest BCUT2D eigenvalue weighted by Crippen LogP contribution is -2.51. The molecule has 0 heterocycles. The summed E-state index contributed by atoms with van der Waals surface area (Å²) >= 11 is 0. The van der Waals surface area contributed by atoms with Gasteiger partial charge in [0.25, 0.3) is 0 Å². The van der Waals surface area contributed by atoms with Crippen LogP contribution in [0, 0.1) is 0 Å². The summed E-state index contributed by atoms with van der Waals surface area (Å²) in [7, 11) is 3.18. The van der Waals surface area contributed by atoms with E-state index in [-0.39, 0.29) is 24.3 Å². The Morgan fingerprint density at radius 3 is 2.22 bits per heavy atom. The molecule has 2 rings (SSSR count). The molecule has 0 aliphatic heterocycles. The van der Waals surface area contributed by atoms with Crippen LogP contribution in [0.3, 0.4) is 0 Å². The number of amides is 3. The highest BCUT2D eigenvalue weighted by Crippen LogP contribution is 2.21. The lowest BCUT2D eigenvalue weighted by Gasteiger charge is -2.30. The molecule has 0 aromatic heterocycles. The molecule has 0 saturated heterocycles. The van der Waals surface area contributed by atoms with Crippen LogP contribution in [-0.4, -0.2) is 72.8 Å². The van der Waals surface area contributed by atoms with Gasteiger partial charge in [-0.2, -0.15) is 0 Å². The summed E-state index contributed by atoms with van der Waals surface area (Å²) in [5.41, 5.74) is 14.1. The topological polar surface area (TPSA) is 122 Å². The normalized spacial score (nSPS) is 12.3. The number of hydrogen-bond donors (Lipinski definition) is 3. The third-order valence-corrected chi connectivity index (χ3v) is 5.95. The molecule has 1 unspecified atom stereocenters. The van der Waals surface area contributed by atoms with Crippen LogP contribution in [0.5, 0.6) is 0 Å². The van der Waals surface area contributed by atoms with E-state index in [4.69, 9.17) is 11.5 Å². The van der Waals surface area contributed by atoms with Crippen LogP contribution in [-0.2, 0) is 20.8 Å². The van der Waals surface area contributed by atoms with Crippen molar-refractivity contribution in [3.8, 4) is 11.1 Å². The van der Waals surface area contributed by atoms with Gasteiger partial charge >= 0.3 is 0 Å². The SMILES string of the molecule is CN(CC(=O)NCCCN)C(=O)C(Cc1ccc(-c2ccccc2)cc1)N(C)C(=O)/C=C/CC(C)(C)N. The molecule has 2 aromatic carbocycles. The number of benzene rings is 2. The molecule has 5 N–H and O–H groups in total. The van der Waals surface area contributed by atoms with E-state index in [9.17, 15) is 14.4 Å². The molecule has 0 spiro atoms. The summed E-state index contributed by atoms with van der Waals surface area (Å²) in [6, 6.07) is 17.2. The minimum Gasteiger partial charge on any atom is -0.355 e. The largest absolute Gasteiger partial charge is 0.355 e. The van der Waals surface area contributed by atoms with Gasteiger partial charge in [0, 0.05) is 32.6 Å². The predicted molar refractivity (Wildman–Crippen MR) is 148 cm³/mol. The van der Waals surface area contributed by atoms with Gasteiger partial charge in [-0.1, -0.05) is 60.7 Å². The maximum atomic E-state index is 13.5. The van der Waals surface area contributed by atoms with E-state index in [2.05, 4.69) is 5.32 Å². The molecule has 200 valence electrons. The summed E-state index contributed by atoms with van der Waals surface area (Å²) < 4.78 is 0. The number of nitrogens with one attached hydrogen (secondary N) is 1. The van der Waals surface area contributed by atoms with Crippen molar-refractivity contribution in [2.24, 2.45) is 11.5 Å². The van der Waals surface area contributed by atoms with Gasteiger partial charge in [0.2, 0.25) is 17.7 Å². The molecule has 0 aliphatic carbocycles. The van der Waals surface area contributed by atoms with E-state index in [0.717, 1.165) is 16.7 Å². The zero-order valence-corrected chi connectivity index (χ0v) is 22.4. The quantitative estimate of drug-likeness (QED) is 0.284. The molecular weight excluding hydrogens is 466 g/mol. The molecule has 0 bridgehead atoms. The van der Waals surface area contributed by atoms with Gasteiger partial charge in [0.05, 0.1) is 6.54 Å². The Morgan fingerprint density at radius 2 is 1.62 bits per heavy atom. The monoisotopic (exact) mass is 507 g/mol. The van der Waals surface area contributed by atoms with E-state index < -0.39 is 11.6 Å². The Hall–Kier alpha value is -3.49. The van der Waals surface area contributed by atoms with Crippen LogP contribution in [0.1, 0.15) is 32.3 Å². The standard InChI is InChI=1S/C29H41N5O3/c1-29(2,31)17-8-12-27(36)34(4)25(28(37)33(3)21-26(35)32-19-9-18-30)20-22-13-15-24(16-14-22)23-10-6-5-7-11-23/h5-8,10-16,25H,9,17-21,30-31H2,1-4H3,(H,32,35)/b12-8+. The highest BCUT2D eigenvalue weighted by molar-refractivity contribution is 5.94. The molecule has 1 atom stereocenters. The van der Waals surface area contributed by atoms with Gasteiger partial charge in [-0.05, 0) is 56.0 Å². The van der Waals surface area contributed by atoms with Crippen LogP contribution in [0.15, 0.2) is 66.7 Å². The van der Waals surface area contributed by atoms with E-state index in [1.54, 1.807) is 20.2 Å². The first-order valence-electron chi connectivity index (χ1n) is 12.6. The minimum atomic E-state index is -0.785. The number of nitrogens with two attached hydrogens (primary N) is 2. The van der Waals surface area contributed by atoms with Crippen molar-refractivity contribution in [1.82, 2.24) is 15.1 Å². The molecular formula is C29H41N5O3. The van der Waals surface area contributed by atoms with Gasteiger partial charge < -0.3 is 26.6 Å². The summed E-state index contributed by atoms with van der Waals surface area (Å²) in [6.07, 6.45) is 4.67. The van der Waals surface area contributed by atoms with Crippen molar-refractivity contribution in [2.75, 3.05) is 33.7 Å². The molecule has 37 heavy (non-hydrogen) atoms. The fourth-order valence-electron chi connectivity index (χ4n) is 3.75. The van der Waals surface area contributed by atoms with Crippen molar-refractivity contribution in [3.63, 3.8) is 0 Å². The molecule has 0 radical (unpaired) electrons. The zero-order chi connectivity index (χ0) is 27.4. The average molecular weight is 508 g/mol. The number of nitrogens with zero attached hydrogens (tertiary/aromatic N) is 2. The van der Waals surface area contributed by atoms with E-state index in [1.165, 1.54) is 15.9 Å². The molecule has 0 fully saturated rings. The summed E-state index contributed by atoms with van der Waals surface area (Å²) in [5.74, 6) is -0.886. The van der Waals surface area contributed by atoms with Gasteiger partial charge in [-0.3, -0.25) is 14.4 Å². The molecule has 3 amide bonds. The van der Waals surface area contributed by atoms with E-state index in [1.807, 2.05) is 68.4 Å². The summed E-state index contributed by atoms with van der Waals surface area (Å²) in [4.78, 5) is 41.5. The van der Waals surface area contributed by atoms with Crippen LogP contribution in [0.4, 0.5) is 0 Å². The highest BCUT2D eigenvalue weighted by Gasteiger charge is 2.29. The first kappa shape index (κ1) is 29.7. The first-order valence-corrected chi connectivity index (χ1v) is 12.6. The number of carbonyl (C=O) groups excluding carboxylic acids is 3. The van der Waals surface area contributed by atoms with Gasteiger partial charge in [0.1, 0.15) is 6.04 Å². The average Bonchev–Trinajstić information content (AvgIpc) is 2.86. The molecule has 0 aliphatic rings. The van der Waals surface area contributed by atoms with Gasteiger partial charge in [0.15, 0.2) is 0 Å². The highest BCUT2D eigenvalue weighted by atomic mass is 16.2. The minimum absolute atomic E-state index is 0.105. The second-order valence-electron chi connectivity index (χ2n) is 10.0. The zero-order valence-electron chi connectivity index (χ0n) is 22.4. The molecule has 8 heteroatoms. The van der Waals surface area contributed by atoms with Crippen LogP contribution in [0.2, 0.25) is 0 Å². The third-order valence-electron chi connectivity index (χ3n) is 5.95. The number of rotatable bonds is 13. The van der Waals surface area contributed by atoms with Crippen LogP contribution < -0.4 is 16.8 Å². The second kappa shape index (κ2) is 14.3. The van der Waals surface area contributed by atoms with Crippen molar-refractivity contribution < 1.29 is 14.4 Å². The maximum absolute atomic E-state index is 13.5. The van der Waals surface area contributed by atoms with Gasteiger partial charge in [-0.25, -0.2) is 0 Å². The second-order valence-corrected chi connectivity index (χ2v) is 10.0. The fourth-order valence-corrected chi connectivity index (χ4v) is 3.75. The number of likely N-dealkylation sites (N-methyl/N-ethyl adjacent to an activating group) is 2. The van der Waals surface area contributed by atoms with Crippen molar-refractivity contribution in [3.05, 3.63) is 72.3 Å². The third kappa shape index (κ3) is 10.2. The molecule has 8 nitrogen and oxygen atoms in total. The predicted octanol–water partition coefficient (Wildman–Crippen LogP) is 2.33. The maximum Gasteiger partial charge on any atom is 0.246 e. The Balaban J connectivity index is 2.20. The molecule has 0 saturated carbocycles. The van der Waals surface area contributed by atoms with Crippen molar-refractivity contribution in [1.29, 1.82) is 0 Å².